The Morgan fingerprint density at radius 2 is 1.76 bits per heavy atom. The zero-order chi connectivity index (χ0) is 14.8. The number of halogens is 2. The largest absolute Gasteiger partial charge is 0.367 e. The number of fused-ring (bicyclic) bond motifs is 1. The zero-order valence-corrected chi connectivity index (χ0v) is 11.5. The fourth-order valence-electron chi connectivity index (χ4n) is 2.76. The van der Waals surface area contributed by atoms with Gasteiger partial charge >= 0.3 is 0 Å². The van der Waals surface area contributed by atoms with E-state index in [1.54, 1.807) is 0 Å². The molecule has 0 radical (unpaired) electrons. The quantitative estimate of drug-likeness (QED) is 0.833. The van der Waals surface area contributed by atoms with Crippen LogP contribution in [-0.2, 0) is 6.54 Å². The topological polar surface area (TPSA) is 20.3 Å². The van der Waals surface area contributed by atoms with Crippen LogP contribution in [0.3, 0.4) is 0 Å². The minimum absolute atomic E-state index is 0.124. The maximum Gasteiger partial charge on any atom is 0.165 e. The van der Waals surface area contributed by atoms with Gasteiger partial charge in [0, 0.05) is 36.8 Å². The van der Waals surface area contributed by atoms with Gasteiger partial charge in [-0.2, -0.15) is 0 Å². The molecular weight excluding hydrogens is 272 g/mol. The van der Waals surface area contributed by atoms with E-state index in [-0.39, 0.29) is 5.78 Å². The van der Waals surface area contributed by atoms with E-state index in [1.165, 1.54) is 12.1 Å². The molecule has 3 rings (SSSR count). The van der Waals surface area contributed by atoms with E-state index < -0.39 is 11.6 Å². The van der Waals surface area contributed by atoms with Crippen LogP contribution in [-0.4, -0.2) is 12.3 Å². The second kappa shape index (κ2) is 5.64. The van der Waals surface area contributed by atoms with Crippen molar-refractivity contribution in [3.05, 3.63) is 65.2 Å². The number of nitrogens with zero attached hydrogens (tertiary/aromatic N) is 1. The van der Waals surface area contributed by atoms with E-state index in [1.807, 2.05) is 29.2 Å². The normalized spacial score (nSPS) is 14.8. The van der Waals surface area contributed by atoms with Crippen LogP contribution in [0.25, 0.3) is 0 Å². The van der Waals surface area contributed by atoms with Gasteiger partial charge in [0.05, 0.1) is 0 Å². The SMILES string of the molecule is O=C1CCCN(Cc2cc(F)cc(F)c2)c2ccccc21. The predicted octanol–water partition coefficient (Wildman–Crippen LogP) is 3.95. The third-order valence-corrected chi connectivity index (χ3v) is 3.67. The Kier molecular flexibility index (Phi) is 3.69. The number of hydrogen-bond donors (Lipinski definition) is 0. The first-order valence-electron chi connectivity index (χ1n) is 6.95. The molecule has 1 heterocycles. The first kappa shape index (κ1) is 13.7. The molecule has 2 nitrogen and oxygen atoms in total. The standard InChI is InChI=1S/C17H15F2NO/c18-13-8-12(9-14(19)10-13)11-20-7-3-6-17(21)15-4-1-2-5-16(15)20/h1-2,4-5,8-10H,3,6-7,11H2. The minimum atomic E-state index is -0.579. The third-order valence-electron chi connectivity index (χ3n) is 3.67. The van der Waals surface area contributed by atoms with Gasteiger partial charge in [-0.05, 0) is 36.2 Å². The highest BCUT2D eigenvalue weighted by molar-refractivity contribution is 6.01. The van der Waals surface area contributed by atoms with E-state index in [0.29, 0.717) is 30.6 Å². The monoisotopic (exact) mass is 287 g/mol. The molecule has 0 amide bonds. The summed E-state index contributed by atoms with van der Waals surface area (Å²) in [5.74, 6) is -1.04. The Morgan fingerprint density at radius 1 is 1.05 bits per heavy atom. The summed E-state index contributed by atoms with van der Waals surface area (Å²) in [5.41, 5.74) is 2.09. The lowest BCUT2D eigenvalue weighted by Crippen LogP contribution is -2.23. The average molecular weight is 287 g/mol. The highest BCUT2D eigenvalue weighted by atomic mass is 19.1. The first-order chi connectivity index (χ1) is 10.1. The van der Waals surface area contributed by atoms with Gasteiger partial charge in [-0.25, -0.2) is 8.78 Å². The van der Waals surface area contributed by atoms with Crippen LogP contribution in [0, 0.1) is 11.6 Å². The van der Waals surface area contributed by atoms with Crippen molar-refractivity contribution in [2.45, 2.75) is 19.4 Å². The van der Waals surface area contributed by atoms with Gasteiger partial charge in [-0.15, -0.1) is 0 Å². The van der Waals surface area contributed by atoms with E-state index >= 15 is 0 Å². The van der Waals surface area contributed by atoms with Crippen molar-refractivity contribution in [2.75, 3.05) is 11.4 Å². The highest BCUT2D eigenvalue weighted by Gasteiger charge is 2.20. The van der Waals surface area contributed by atoms with Crippen molar-refractivity contribution in [3.8, 4) is 0 Å². The third kappa shape index (κ3) is 2.94. The number of carbonyl (C=O) groups excluding carboxylic acids is 1. The number of anilines is 1. The summed E-state index contributed by atoms with van der Waals surface area (Å²) in [6.07, 6.45) is 1.25. The van der Waals surface area contributed by atoms with E-state index in [2.05, 4.69) is 0 Å². The molecule has 108 valence electrons. The van der Waals surface area contributed by atoms with Crippen LogP contribution in [0.15, 0.2) is 42.5 Å². The molecule has 0 bridgehead atoms. The number of rotatable bonds is 2. The zero-order valence-electron chi connectivity index (χ0n) is 11.5. The van der Waals surface area contributed by atoms with Gasteiger partial charge in [-0.3, -0.25) is 4.79 Å². The summed E-state index contributed by atoms with van der Waals surface area (Å²) in [6, 6.07) is 10.9. The molecule has 0 atom stereocenters. The first-order valence-corrected chi connectivity index (χ1v) is 6.95. The lowest BCUT2D eigenvalue weighted by molar-refractivity contribution is 0.0984. The summed E-state index contributed by atoms with van der Waals surface area (Å²) in [7, 11) is 0. The number of hydrogen-bond acceptors (Lipinski definition) is 2. The lowest BCUT2D eigenvalue weighted by Gasteiger charge is -2.24. The second-order valence-electron chi connectivity index (χ2n) is 5.24. The molecule has 0 aromatic heterocycles. The Hall–Kier alpha value is -2.23. The van der Waals surface area contributed by atoms with Crippen molar-refractivity contribution in [1.29, 1.82) is 0 Å². The average Bonchev–Trinajstić information content (AvgIpc) is 2.59. The number of ketones is 1. The summed E-state index contributed by atoms with van der Waals surface area (Å²) in [5, 5.41) is 0. The van der Waals surface area contributed by atoms with Crippen LogP contribution >= 0.6 is 0 Å². The number of para-hydroxylation sites is 1. The highest BCUT2D eigenvalue weighted by Crippen LogP contribution is 2.27. The number of Topliss-reactive ketones (excluding diaryl/α,β-unsaturated/α-hetero) is 1. The van der Waals surface area contributed by atoms with Crippen molar-refractivity contribution < 1.29 is 13.6 Å². The van der Waals surface area contributed by atoms with Gasteiger partial charge in [0.1, 0.15) is 11.6 Å². The molecule has 0 saturated carbocycles. The van der Waals surface area contributed by atoms with Crippen molar-refractivity contribution in [3.63, 3.8) is 0 Å². The predicted molar refractivity (Wildman–Crippen MR) is 77.4 cm³/mol. The molecule has 2 aromatic rings. The molecule has 0 spiro atoms. The maximum absolute atomic E-state index is 13.3. The van der Waals surface area contributed by atoms with Crippen LogP contribution in [0.4, 0.5) is 14.5 Å². The van der Waals surface area contributed by atoms with Gasteiger partial charge in [0.25, 0.3) is 0 Å². The molecule has 4 heteroatoms. The molecule has 2 aromatic carbocycles. The molecule has 0 aliphatic carbocycles. The molecule has 1 aliphatic rings. The molecule has 0 saturated heterocycles. The van der Waals surface area contributed by atoms with Gasteiger partial charge in [-0.1, -0.05) is 12.1 Å². The molecule has 0 fully saturated rings. The summed E-state index contributed by atoms with van der Waals surface area (Å²) in [4.78, 5) is 14.1. The Labute approximate surface area is 122 Å². The van der Waals surface area contributed by atoms with Gasteiger partial charge in [0.2, 0.25) is 0 Å². The van der Waals surface area contributed by atoms with E-state index in [4.69, 9.17) is 0 Å². The van der Waals surface area contributed by atoms with Gasteiger partial charge in [0.15, 0.2) is 5.78 Å². The molecule has 1 aliphatic heterocycles. The maximum atomic E-state index is 13.3. The Morgan fingerprint density at radius 3 is 2.52 bits per heavy atom. The Balaban J connectivity index is 1.94. The van der Waals surface area contributed by atoms with E-state index in [9.17, 15) is 13.6 Å². The van der Waals surface area contributed by atoms with Crippen LogP contribution in [0.1, 0.15) is 28.8 Å². The van der Waals surface area contributed by atoms with Crippen LogP contribution in [0.2, 0.25) is 0 Å². The Bertz CT molecular complexity index is 664. The molecule has 21 heavy (non-hydrogen) atoms. The van der Waals surface area contributed by atoms with E-state index in [0.717, 1.165) is 18.2 Å². The fourth-order valence-corrected chi connectivity index (χ4v) is 2.76. The summed E-state index contributed by atoms with van der Waals surface area (Å²) < 4.78 is 26.6. The molecule has 0 unspecified atom stereocenters. The number of carbonyl (C=O) groups is 1. The molecular formula is C17H15F2NO. The smallest absolute Gasteiger partial charge is 0.165 e. The van der Waals surface area contributed by atoms with Crippen molar-refractivity contribution >= 4 is 11.5 Å². The van der Waals surface area contributed by atoms with Gasteiger partial charge < -0.3 is 4.90 Å². The minimum Gasteiger partial charge on any atom is -0.367 e. The van der Waals surface area contributed by atoms with Crippen LogP contribution in [0.5, 0.6) is 0 Å². The van der Waals surface area contributed by atoms with Crippen LogP contribution < -0.4 is 4.90 Å². The summed E-state index contributed by atoms with van der Waals surface area (Å²) in [6.45, 7) is 1.08. The fraction of sp³-hybridized carbons (Fsp3) is 0.235. The lowest BCUT2D eigenvalue weighted by atomic mass is 10.1. The van der Waals surface area contributed by atoms with Crippen molar-refractivity contribution in [2.24, 2.45) is 0 Å². The summed E-state index contributed by atoms with van der Waals surface area (Å²) >= 11 is 0. The molecule has 0 N–H and O–H groups in total. The second-order valence-corrected chi connectivity index (χ2v) is 5.24. The van der Waals surface area contributed by atoms with Crippen molar-refractivity contribution in [1.82, 2.24) is 0 Å². The number of benzene rings is 2.